The van der Waals surface area contributed by atoms with Gasteiger partial charge in [-0.25, -0.2) is 0 Å². The van der Waals surface area contributed by atoms with Gasteiger partial charge in [-0.1, -0.05) is 6.07 Å². The predicted octanol–water partition coefficient (Wildman–Crippen LogP) is 2.24. The van der Waals surface area contributed by atoms with Crippen molar-refractivity contribution >= 4 is 16.9 Å². The number of nitrogens with one attached hydrogen (secondary N) is 1. The summed E-state index contributed by atoms with van der Waals surface area (Å²) < 4.78 is 0. The average Bonchev–Trinajstić information content (AvgIpc) is 2.63. The van der Waals surface area contributed by atoms with Crippen molar-refractivity contribution in [3.8, 4) is 5.75 Å². The van der Waals surface area contributed by atoms with Crippen LogP contribution in [0.5, 0.6) is 5.75 Å². The molecule has 4 nitrogen and oxygen atoms in total. The first-order valence-electron chi connectivity index (χ1n) is 4.97. The number of phenolic OH excluding ortho intramolecular Hbond substituents is 1. The number of benzene rings is 1. The van der Waals surface area contributed by atoms with Crippen LogP contribution in [-0.4, -0.2) is 21.2 Å². The van der Waals surface area contributed by atoms with E-state index in [2.05, 4.69) is 4.98 Å². The minimum atomic E-state index is -1.03. The van der Waals surface area contributed by atoms with E-state index in [0.717, 1.165) is 5.52 Å². The third-order valence-corrected chi connectivity index (χ3v) is 2.89. The van der Waals surface area contributed by atoms with Crippen molar-refractivity contribution < 1.29 is 15.0 Å². The van der Waals surface area contributed by atoms with Crippen LogP contribution in [0.4, 0.5) is 0 Å². The number of aromatic nitrogens is 1. The van der Waals surface area contributed by atoms with Gasteiger partial charge in [0.2, 0.25) is 0 Å². The smallest absolute Gasteiger partial charge is 0.313 e. The summed E-state index contributed by atoms with van der Waals surface area (Å²) in [4.78, 5) is 14.1. The van der Waals surface area contributed by atoms with E-state index < -0.39 is 11.4 Å². The van der Waals surface area contributed by atoms with E-state index in [9.17, 15) is 9.90 Å². The highest BCUT2D eigenvalue weighted by Crippen LogP contribution is 2.35. The van der Waals surface area contributed by atoms with Crippen LogP contribution >= 0.6 is 0 Å². The zero-order valence-corrected chi connectivity index (χ0v) is 9.11. The van der Waals surface area contributed by atoms with Crippen molar-refractivity contribution in [2.75, 3.05) is 0 Å². The fraction of sp³-hybridized carbons (Fsp3) is 0.250. The maximum Gasteiger partial charge on any atom is 0.313 e. The van der Waals surface area contributed by atoms with Crippen LogP contribution in [0.3, 0.4) is 0 Å². The summed E-state index contributed by atoms with van der Waals surface area (Å²) in [6, 6.07) is 5.07. The maximum atomic E-state index is 11.2. The number of carboxylic acid groups (broad SMARTS) is 1. The zero-order chi connectivity index (χ0) is 11.9. The van der Waals surface area contributed by atoms with Gasteiger partial charge in [-0.05, 0) is 31.5 Å². The lowest BCUT2D eigenvalue weighted by molar-refractivity contribution is -0.142. The number of phenols is 1. The molecule has 0 aliphatic heterocycles. The van der Waals surface area contributed by atoms with Crippen LogP contribution in [0.25, 0.3) is 10.9 Å². The molecule has 0 saturated carbocycles. The van der Waals surface area contributed by atoms with E-state index in [4.69, 9.17) is 5.11 Å². The molecule has 2 aromatic rings. The summed E-state index contributed by atoms with van der Waals surface area (Å²) in [5.41, 5.74) is 0.300. The van der Waals surface area contributed by atoms with Crippen molar-refractivity contribution in [1.29, 1.82) is 0 Å². The summed E-state index contributed by atoms with van der Waals surface area (Å²) in [6.07, 6.45) is 1.64. The summed E-state index contributed by atoms with van der Waals surface area (Å²) in [7, 11) is 0. The molecule has 0 atom stereocenters. The number of aromatic hydroxyl groups is 1. The summed E-state index contributed by atoms with van der Waals surface area (Å²) >= 11 is 0. The third-order valence-electron chi connectivity index (χ3n) is 2.89. The van der Waals surface area contributed by atoms with Gasteiger partial charge < -0.3 is 15.2 Å². The fourth-order valence-corrected chi connectivity index (χ4v) is 1.77. The maximum absolute atomic E-state index is 11.2. The highest BCUT2D eigenvalue weighted by molar-refractivity contribution is 5.95. The van der Waals surface area contributed by atoms with Crippen LogP contribution in [0, 0.1) is 0 Å². The summed E-state index contributed by atoms with van der Waals surface area (Å²) in [5, 5.41) is 19.5. The first kappa shape index (κ1) is 10.5. The summed E-state index contributed by atoms with van der Waals surface area (Å²) in [5.74, 6) is -0.820. The molecule has 0 aliphatic carbocycles. The Morgan fingerprint density at radius 3 is 2.69 bits per heavy atom. The Balaban J connectivity index is 2.76. The molecule has 0 bridgehead atoms. The second-order valence-corrected chi connectivity index (χ2v) is 4.33. The van der Waals surface area contributed by atoms with E-state index in [1.807, 2.05) is 0 Å². The number of hydrogen-bond donors (Lipinski definition) is 3. The first-order valence-corrected chi connectivity index (χ1v) is 4.97. The molecule has 0 spiro atoms. The lowest BCUT2D eigenvalue weighted by atomic mass is 9.84. The average molecular weight is 219 g/mol. The van der Waals surface area contributed by atoms with Crippen molar-refractivity contribution in [1.82, 2.24) is 4.98 Å². The number of fused-ring (bicyclic) bond motifs is 1. The van der Waals surface area contributed by atoms with Crippen molar-refractivity contribution in [3.63, 3.8) is 0 Å². The van der Waals surface area contributed by atoms with Gasteiger partial charge in [0.25, 0.3) is 0 Å². The molecule has 1 aromatic heterocycles. The van der Waals surface area contributed by atoms with Crippen LogP contribution in [-0.2, 0) is 10.2 Å². The second kappa shape index (κ2) is 3.27. The normalized spacial score (nSPS) is 11.9. The number of aromatic amines is 1. The fourth-order valence-electron chi connectivity index (χ4n) is 1.77. The second-order valence-electron chi connectivity index (χ2n) is 4.33. The molecule has 0 unspecified atom stereocenters. The van der Waals surface area contributed by atoms with Gasteiger partial charge in [-0.2, -0.15) is 0 Å². The third kappa shape index (κ3) is 1.34. The first-order chi connectivity index (χ1) is 7.44. The predicted molar refractivity (Wildman–Crippen MR) is 60.6 cm³/mol. The van der Waals surface area contributed by atoms with Gasteiger partial charge in [0.1, 0.15) is 5.75 Å². The van der Waals surface area contributed by atoms with Gasteiger partial charge in [0.05, 0.1) is 5.41 Å². The van der Waals surface area contributed by atoms with Gasteiger partial charge in [0.15, 0.2) is 0 Å². The number of carbonyl (C=O) groups is 1. The lowest BCUT2D eigenvalue weighted by Gasteiger charge is -2.18. The minimum absolute atomic E-state index is 0.100. The Morgan fingerprint density at radius 1 is 1.38 bits per heavy atom. The standard InChI is InChI=1S/C12H13NO3/c1-12(2,11(15)16)7-6-13-8-4-3-5-9(14)10(7)8/h3-6,13-14H,1-2H3,(H,15,16). The van der Waals surface area contributed by atoms with Crippen molar-refractivity contribution in [2.24, 2.45) is 0 Å². The molecule has 0 amide bonds. The SMILES string of the molecule is CC(C)(C(=O)O)c1c[nH]c2cccc(O)c12. The number of rotatable bonds is 2. The van der Waals surface area contributed by atoms with Crippen LogP contribution < -0.4 is 0 Å². The van der Waals surface area contributed by atoms with E-state index in [1.165, 1.54) is 0 Å². The van der Waals surface area contributed by atoms with Crippen molar-refractivity contribution in [3.05, 3.63) is 30.0 Å². The minimum Gasteiger partial charge on any atom is -0.507 e. The molecule has 3 N–H and O–H groups in total. The van der Waals surface area contributed by atoms with E-state index in [-0.39, 0.29) is 5.75 Å². The topological polar surface area (TPSA) is 73.3 Å². The summed E-state index contributed by atoms with van der Waals surface area (Å²) in [6.45, 7) is 3.23. The molecule has 0 radical (unpaired) electrons. The lowest BCUT2D eigenvalue weighted by Crippen LogP contribution is -2.28. The van der Waals surface area contributed by atoms with E-state index >= 15 is 0 Å². The Labute approximate surface area is 92.5 Å². The van der Waals surface area contributed by atoms with E-state index in [0.29, 0.717) is 10.9 Å². The van der Waals surface area contributed by atoms with Gasteiger partial charge in [0, 0.05) is 17.1 Å². The molecule has 0 fully saturated rings. The molecule has 1 heterocycles. The van der Waals surface area contributed by atoms with Gasteiger partial charge in [-0.15, -0.1) is 0 Å². The number of hydrogen-bond acceptors (Lipinski definition) is 2. The molecule has 84 valence electrons. The highest BCUT2D eigenvalue weighted by atomic mass is 16.4. The largest absolute Gasteiger partial charge is 0.507 e. The van der Waals surface area contributed by atoms with Crippen LogP contribution in [0.1, 0.15) is 19.4 Å². The molecule has 0 saturated heterocycles. The van der Waals surface area contributed by atoms with Crippen molar-refractivity contribution in [2.45, 2.75) is 19.3 Å². The zero-order valence-electron chi connectivity index (χ0n) is 9.11. The van der Waals surface area contributed by atoms with Gasteiger partial charge >= 0.3 is 5.97 Å². The van der Waals surface area contributed by atoms with Crippen LogP contribution in [0.15, 0.2) is 24.4 Å². The highest BCUT2D eigenvalue weighted by Gasteiger charge is 2.32. The van der Waals surface area contributed by atoms with E-state index in [1.54, 1.807) is 38.2 Å². The Kier molecular flexibility index (Phi) is 2.15. The molecule has 4 heteroatoms. The Bertz CT molecular complexity index is 554. The number of H-pyrrole nitrogens is 1. The molecule has 2 rings (SSSR count). The van der Waals surface area contributed by atoms with Gasteiger partial charge in [-0.3, -0.25) is 4.79 Å². The molecule has 0 aliphatic rings. The molecule has 1 aromatic carbocycles. The Hall–Kier alpha value is -1.97. The quantitative estimate of drug-likeness (QED) is 0.725. The van der Waals surface area contributed by atoms with Crippen LogP contribution in [0.2, 0.25) is 0 Å². The molecular weight excluding hydrogens is 206 g/mol. The Morgan fingerprint density at radius 2 is 2.06 bits per heavy atom. The monoisotopic (exact) mass is 219 g/mol. The molecule has 16 heavy (non-hydrogen) atoms. The number of carboxylic acids is 1. The molecular formula is C12H13NO3. The number of aliphatic carboxylic acids is 1.